The Hall–Kier alpha value is -2.44. The number of fused-ring (bicyclic) bond motifs is 1. The van der Waals surface area contributed by atoms with Gasteiger partial charge in [0.15, 0.2) is 6.79 Å². The number of nitrogens with zero attached hydrogens (tertiary/aromatic N) is 1. The van der Waals surface area contributed by atoms with Crippen LogP contribution in [0, 0.1) is 16.0 Å². The quantitative estimate of drug-likeness (QED) is 0.573. The minimum absolute atomic E-state index is 0.0630. The fraction of sp³-hybridized carbons (Fsp3) is 0.429. The number of benzene rings is 2. The lowest BCUT2D eigenvalue weighted by atomic mass is 9.94. The molecule has 1 aliphatic rings. The molecular weight excluding hydrogens is 344 g/mol. The third-order valence-electron chi connectivity index (χ3n) is 4.91. The van der Waals surface area contributed by atoms with E-state index in [1.807, 2.05) is 0 Å². The number of hydrogen-bond acceptors (Lipinski definition) is 5. The molecule has 0 spiro atoms. The molecule has 3 rings (SSSR count). The number of nitro groups is 1. The molecule has 1 atom stereocenters. The largest absolute Gasteiger partial charge is 0.467 e. The zero-order valence-electron chi connectivity index (χ0n) is 16.0. The molecular formula is C21H26N2O4. The number of aryl methyl sites for hydroxylation is 1. The highest BCUT2D eigenvalue weighted by molar-refractivity contribution is 5.50. The molecule has 6 nitrogen and oxygen atoms in total. The summed E-state index contributed by atoms with van der Waals surface area (Å²) in [5.74, 6) is 1.07. The van der Waals surface area contributed by atoms with Crippen LogP contribution in [0.25, 0.3) is 0 Å². The summed E-state index contributed by atoms with van der Waals surface area (Å²) in [6, 6.07) is 11.9. The minimum atomic E-state index is -0.373. The van der Waals surface area contributed by atoms with Gasteiger partial charge in [0.2, 0.25) is 0 Å². The van der Waals surface area contributed by atoms with Gasteiger partial charge in [0.1, 0.15) is 5.75 Å². The second kappa shape index (κ2) is 8.50. The molecule has 6 heteroatoms. The van der Waals surface area contributed by atoms with Crippen LogP contribution < -0.4 is 10.1 Å². The molecule has 0 fully saturated rings. The number of rotatable bonds is 7. The number of nitrogens with one attached hydrogen (secondary N) is 1. The first kappa shape index (κ1) is 19.3. The van der Waals surface area contributed by atoms with Crippen molar-refractivity contribution in [2.75, 3.05) is 6.79 Å². The van der Waals surface area contributed by atoms with Crippen molar-refractivity contribution in [3.05, 3.63) is 68.8 Å². The molecule has 0 radical (unpaired) electrons. The summed E-state index contributed by atoms with van der Waals surface area (Å²) in [4.78, 5) is 10.9. The van der Waals surface area contributed by atoms with Crippen molar-refractivity contribution >= 4 is 5.69 Å². The maximum Gasteiger partial charge on any atom is 0.270 e. The van der Waals surface area contributed by atoms with E-state index in [1.54, 1.807) is 6.07 Å². The van der Waals surface area contributed by atoms with Crippen molar-refractivity contribution in [3.8, 4) is 5.75 Å². The normalized spacial score (nSPS) is 14.5. The molecule has 1 unspecified atom stereocenters. The van der Waals surface area contributed by atoms with Gasteiger partial charge in [-0.1, -0.05) is 45.0 Å². The lowest BCUT2D eigenvalue weighted by molar-refractivity contribution is -0.385. The standard InChI is InChI=1S/C21H26N2O4/c1-4-15-5-7-16(8-6-15)20(14(2)3)22-11-17-9-19(23(24)25)10-18-12-26-13-27-21(17)18/h5-10,14,20,22H,4,11-13H2,1-3H3. The summed E-state index contributed by atoms with van der Waals surface area (Å²) in [5.41, 5.74) is 4.10. The number of nitro benzene ring substituents is 1. The Morgan fingerprint density at radius 2 is 1.96 bits per heavy atom. The molecule has 1 aliphatic heterocycles. The van der Waals surface area contributed by atoms with E-state index in [1.165, 1.54) is 17.2 Å². The van der Waals surface area contributed by atoms with Crippen molar-refractivity contribution in [2.24, 2.45) is 5.92 Å². The van der Waals surface area contributed by atoms with Gasteiger partial charge in [-0.25, -0.2) is 0 Å². The van der Waals surface area contributed by atoms with E-state index in [2.05, 4.69) is 50.4 Å². The van der Waals surface area contributed by atoms with E-state index in [0.717, 1.165) is 17.5 Å². The monoisotopic (exact) mass is 370 g/mol. The highest BCUT2D eigenvalue weighted by atomic mass is 16.7. The van der Waals surface area contributed by atoms with Crippen LogP contribution in [0.4, 0.5) is 5.69 Å². The average molecular weight is 370 g/mol. The van der Waals surface area contributed by atoms with Crippen LogP contribution in [0.5, 0.6) is 5.75 Å². The van der Waals surface area contributed by atoms with Crippen LogP contribution >= 0.6 is 0 Å². The molecule has 27 heavy (non-hydrogen) atoms. The zero-order chi connectivity index (χ0) is 19.4. The Bertz CT molecular complexity index is 803. The van der Waals surface area contributed by atoms with Gasteiger partial charge in [-0.2, -0.15) is 0 Å². The summed E-state index contributed by atoms with van der Waals surface area (Å²) in [6.45, 7) is 7.46. The van der Waals surface area contributed by atoms with Crippen LogP contribution in [0.1, 0.15) is 49.1 Å². The molecule has 0 saturated carbocycles. The maximum absolute atomic E-state index is 11.3. The first-order valence-electron chi connectivity index (χ1n) is 9.32. The van der Waals surface area contributed by atoms with E-state index in [-0.39, 0.29) is 23.4 Å². The minimum Gasteiger partial charge on any atom is -0.467 e. The number of hydrogen-bond donors (Lipinski definition) is 1. The molecule has 1 heterocycles. The fourth-order valence-corrected chi connectivity index (χ4v) is 3.44. The van der Waals surface area contributed by atoms with Crippen LogP contribution in [0.2, 0.25) is 0 Å². The van der Waals surface area contributed by atoms with E-state index < -0.39 is 0 Å². The van der Waals surface area contributed by atoms with Crippen molar-refractivity contribution in [3.63, 3.8) is 0 Å². The summed E-state index contributed by atoms with van der Waals surface area (Å²) in [7, 11) is 0. The van der Waals surface area contributed by atoms with E-state index in [0.29, 0.717) is 24.8 Å². The van der Waals surface area contributed by atoms with Crippen molar-refractivity contribution in [1.82, 2.24) is 5.32 Å². The maximum atomic E-state index is 11.3. The predicted molar refractivity (Wildman–Crippen MR) is 104 cm³/mol. The number of non-ortho nitro benzene ring substituents is 1. The van der Waals surface area contributed by atoms with E-state index in [4.69, 9.17) is 9.47 Å². The molecule has 0 bridgehead atoms. The third-order valence-corrected chi connectivity index (χ3v) is 4.91. The van der Waals surface area contributed by atoms with Crippen LogP contribution in [-0.4, -0.2) is 11.7 Å². The van der Waals surface area contributed by atoms with Gasteiger partial charge >= 0.3 is 0 Å². The average Bonchev–Trinajstić information content (AvgIpc) is 2.68. The number of ether oxygens (including phenoxy) is 2. The topological polar surface area (TPSA) is 73.6 Å². The van der Waals surface area contributed by atoms with Gasteiger partial charge in [-0.05, 0) is 23.5 Å². The predicted octanol–water partition coefficient (Wildman–Crippen LogP) is 4.51. The molecule has 1 N–H and O–H groups in total. The Morgan fingerprint density at radius 3 is 2.59 bits per heavy atom. The summed E-state index contributed by atoms with van der Waals surface area (Å²) >= 11 is 0. The molecule has 0 aliphatic carbocycles. The third kappa shape index (κ3) is 4.46. The Morgan fingerprint density at radius 1 is 1.22 bits per heavy atom. The van der Waals surface area contributed by atoms with Gasteiger partial charge in [0, 0.05) is 35.8 Å². The summed E-state index contributed by atoms with van der Waals surface area (Å²) < 4.78 is 10.9. The van der Waals surface area contributed by atoms with Gasteiger partial charge in [0.05, 0.1) is 11.5 Å². The van der Waals surface area contributed by atoms with Gasteiger partial charge < -0.3 is 14.8 Å². The van der Waals surface area contributed by atoms with E-state index in [9.17, 15) is 10.1 Å². The van der Waals surface area contributed by atoms with Gasteiger partial charge in [0.25, 0.3) is 5.69 Å². The highest BCUT2D eigenvalue weighted by Gasteiger charge is 2.22. The highest BCUT2D eigenvalue weighted by Crippen LogP contribution is 2.33. The van der Waals surface area contributed by atoms with Crippen LogP contribution in [0.3, 0.4) is 0 Å². The smallest absolute Gasteiger partial charge is 0.270 e. The van der Waals surface area contributed by atoms with Crippen LogP contribution in [0.15, 0.2) is 36.4 Å². The lowest BCUT2D eigenvalue weighted by Crippen LogP contribution is -2.26. The van der Waals surface area contributed by atoms with E-state index >= 15 is 0 Å². The SMILES string of the molecule is CCc1ccc(C(NCc2cc([N+](=O)[O-])cc3c2OCOC3)C(C)C)cc1. The zero-order valence-corrected chi connectivity index (χ0v) is 16.0. The molecule has 144 valence electrons. The molecule has 0 aromatic heterocycles. The van der Waals surface area contributed by atoms with Gasteiger partial charge in [-0.3, -0.25) is 10.1 Å². The van der Waals surface area contributed by atoms with Crippen molar-refractivity contribution in [1.29, 1.82) is 0 Å². The Balaban J connectivity index is 1.84. The molecule has 2 aromatic carbocycles. The molecule has 0 amide bonds. The summed E-state index contributed by atoms with van der Waals surface area (Å²) in [5, 5.41) is 14.8. The second-order valence-electron chi connectivity index (χ2n) is 7.16. The Kier molecular flexibility index (Phi) is 6.08. The molecule has 0 saturated heterocycles. The first-order valence-corrected chi connectivity index (χ1v) is 9.32. The van der Waals surface area contributed by atoms with Crippen LogP contribution in [-0.2, 0) is 24.3 Å². The van der Waals surface area contributed by atoms with Crippen molar-refractivity contribution in [2.45, 2.75) is 46.4 Å². The summed E-state index contributed by atoms with van der Waals surface area (Å²) in [6.07, 6.45) is 1.01. The fourth-order valence-electron chi connectivity index (χ4n) is 3.44. The van der Waals surface area contributed by atoms with Gasteiger partial charge in [-0.15, -0.1) is 0 Å². The lowest BCUT2D eigenvalue weighted by Gasteiger charge is -2.25. The second-order valence-corrected chi connectivity index (χ2v) is 7.16. The molecule has 2 aromatic rings. The first-order chi connectivity index (χ1) is 13.0. The Labute approximate surface area is 159 Å². The van der Waals surface area contributed by atoms with Crippen molar-refractivity contribution < 1.29 is 14.4 Å².